The highest BCUT2D eigenvalue weighted by Crippen LogP contribution is 2.53. The summed E-state index contributed by atoms with van der Waals surface area (Å²) < 4.78 is 2.52. The number of anilines is 3. The van der Waals surface area contributed by atoms with Crippen LogP contribution in [0.1, 0.15) is 25.0 Å². The summed E-state index contributed by atoms with van der Waals surface area (Å²) in [6.45, 7) is 4.76. The van der Waals surface area contributed by atoms with Crippen LogP contribution in [-0.2, 0) is 5.41 Å². The molecule has 0 amide bonds. The molecule has 2 heteroatoms. The third-order valence-corrected chi connectivity index (χ3v) is 13.2. The monoisotopic (exact) mass is 778 g/mol. The van der Waals surface area contributed by atoms with Crippen LogP contribution in [-0.4, -0.2) is 4.57 Å². The fourth-order valence-corrected chi connectivity index (χ4v) is 10.1. The normalized spacial score (nSPS) is 12.9. The van der Waals surface area contributed by atoms with E-state index >= 15 is 0 Å². The Morgan fingerprint density at radius 3 is 1.61 bits per heavy atom. The van der Waals surface area contributed by atoms with Crippen LogP contribution in [0.5, 0.6) is 0 Å². The second kappa shape index (κ2) is 13.7. The summed E-state index contributed by atoms with van der Waals surface area (Å²) >= 11 is 0. The third-order valence-electron chi connectivity index (χ3n) is 13.2. The van der Waals surface area contributed by atoms with Gasteiger partial charge in [-0.25, -0.2) is 0 Å². The van der Waals surface area contributed by atoms with Crippen LogP contribution >= 0.6 is 0 Å². The Labute approximate surface area is 356 Å². The van der Waals surface area contributed by atoms with Crippen molar-refractivity contribution in [2.24, 2.45) is 0 Å². The molecule has 0 saturated heterocycles. The van der Waals surface area contributed by atoms with E-state index in [4.69, 9.17) is 0 Å². The van der Waals surface area contributed by atoms with E-state index in [1.165, 1.54) is 87.9 Å². The predicted octanol–water partition coefficient (Wildman–Crippen LogP) is 16.2. The molecule has 10 aromatic carbocycles. The highest BCUT2D eigenvalue weighted by Gasteiger charge is 2.36. The summed E-state index contributed by atoms with van der Waals surface area (Å²) in [5.41, 5.74) is 17.0. The number of rotatable bonds is 6. The zero-order valence-electron chi connectivity index (χ0n) is 34.2. The maximum absolute atomic E-state index is 2.52. The zero-order chi connectivity index (χ0) is 40.7. The molecule has 1 aromatic heterocycles. The van der Waals surface area contributed by atoms with Gasteiger partial charge in [-0.15, -0.1) is 0 Å². The van der Waals surface area contributed by atoms with Gasteiger partial charge in [-0.2, -0.15) is 0 Å². The second-order valence-electron chi connectivity index (χ2n) is 16.9. The van der Waals surface area contributed by atoms with Crippen LogP contribution < -0.4 is 4.90 Å². The van der Waals surface area contributed by atoms with Crippen LogP contribution in [0.25, 0.3) is 82.4 Å². The average molecular weight is 779 g/mol. The molecule has 1 heterocycles. The van der Waals surface area contributed by atoms with Crippen molar-refractivity contribution in [2.45, 2.75) is 19.3 Å². The molecular weight excluding hydrogens is 737 g/mol. The second-order valence-corrected chi connectivity index (χ2v) is 16.9. The largest absolute Gasteiger partial charge is 0.310 e. The molecule has 0 spiro atoms. The van der Waals surface area contributed by atoms with Gasteiger partial charge in [0.1, 0.15) is 0 Å². The lowest BCUT2D eigenvalue weighted by Crippen LogP contribution is -2.14. The van der Waals surface area contributed by atoms with Gasteiger partial charge in [0.2, 0.25) is 0 Å². The van der Waals surface area contributed by atoms with Crippen molar-refractivity contribution in [2.75, 3.05) is 4.90 Å². The third kappa shape index (κ3) is 5.56. The minimum absolute atomic E-state index is 0.123. The molecule has 0 N–H and O–H groups in total. The predicted molar refractivity (Wildman–Crippen MR) is 259 cm³/mol. The molecule has 0 unspecified atom stereocenters. The molecule has 1 aliphatic carbocycles. The lowest BCUT2D eigenvalue weighted by atomic mass is 9.82. The van der Waals surface area contributed by atoms with E-state index < -0.39 is 0 Å². The Morgan fingerprint density at radius 2 is 0.934 bits per heavy atom. The van der Waals surface area contributed by atoms with Gasteiger partial charge >= 0.3 is 0 Å². The van der Waals surface area contributed by atoms with E-state index in [-0.39, 0.29) is 5.41 Å². The Bertz CT molecular complexity index is 3380. The summed E-state index contributed by atoms with van der Waals surface area (Å²) in [6.07, 6.45) is 0. The fraction of sp³-hybridized carbons (Fsp3) is 0.0508. The maximum Gasteiger partial charge on any atom is 0.0568 e. The van der Waals surface area contributed by atoms with E-state index in [1.54, 1.807) is 0 Å². The molecule has 61 heavy (non-hydrogen) atoms. The topological polar surface area (TPSA) is 8.17 Å². The smallest absolute Gasteiger partial charge is 0.0568 e. The molecule has 0 atom stereocenters. The van der Waals surface area contributed by atoms with E-state index in [9.17, 15) is 0 Å². The van der Waals surface area contributed by atoms with Crippen LogP contribution in [0.2, 0.25) is 0 Å². The number of nitrogens with zero attached hydrogens (tertiary/aromatic N) is 2. The summed E-state index contributed by atoms with van der Waals surface area (Å²) in [5.74, 6) is 0. The number of benzene rings is 10. The Balaban J connectivity index is 1.16. The molecule has 1 aliphatic rings. The first-order valence-electron chi connectivity index (χ1n) is 21.3. The summed E-state index contributed by atoms with van der Waals surface area (Å²) in [5, 5.41) is 7.45. The number of hydrogen-bond donors (Lipinski definition) is 0. The Kier molecular flexibility index (Phi) is 7.92. The van der Waals surface area contributed by atoms with Crippen molar-refractivity contribution in [3.05, 3.63) is 230 Å². The quantitative estimate of drug-likeness (QED) is 0.163. The molecule has 0 bridgehead atoms. The van der Waals surface area contributed by atoms with Crippen LogP contribution in [0, 0.1) is 0 Å². The average Bonchev–Trinajstić information content (AvgIpc) is 3.76. The molecule has 2 nitrogen and oxygen atoms in total. The lowest BCUT2D eigenvalue weighted by molar-refractivity contribution is 0.661. The number of fused-ring (bicyclic) bond motifs is 9. The van der Waals surface area contributed by atoms with E-state index in [0.717, 1.165) is 22.7 Å². The minimum atomic E-state index is -0.123. The lowest BCUT2D eigenvalue weighted by Gasteiger charge is -2.28. The molecule has 0 aliphatic heterocycles. The van der Waals surface area contributed by atoms with E-state index in [2.05, 4.69) is 242 Å². The zero-order valence-corrected chi connectivity index (χ0v) is 34.2. The maximum atomic E-state index is 2.52. The summed E-state index contributed by atoms with van der Waals surface area (Å²) in [4.78, 5) is 2.45. The van der Waals surface area contributed by atoms with Gasteiger partial charge in [0.05, 0.1) is 16.7 Å². The van der Waals surface area contributed by atoms with Crippen molar-refractivity contribution in [3.8, 4) is 39.1 Å². The molecular formula is C59H42N2. The van der Waals surface area contributed by atoms with Gasteiger partial charge in [-0.3, -0.25) is 0 Å². The van der Waals surface area contributed by atoms with Gasteiger partial charge in [0.15, 0.2) is 0 Å². The number of hydrogen-bond acceptors (Lipinski definition) is 1. The van der Waals surface area contributed by atoms with Gasteiger partial charge < -0.3 is 9.47 Å². The first-order chi connectivity index (χ1) is 30.0. The van der Waals surface area contributed by atoms with Crippen LogP contribution in [0.3, 0.4) is 0 Å². The van der Waals surface area contributed by atoms with Crippen molar-refractivity contribution in [1.82, 2.24) is 4.57 Å². The van der Waals surface area contributed by atoms with E-state index in [1.807, 2.05) is 0 Å². The highest BCUT2D eigenvalue weighted by molar-refractivity contribution is 6.25. The minimum Gasteiger partial charge on any atom is -0.310 e. The van der Waals surface area contributed by atoms with Crippen molar-refractivity contribution in [1.29, 1.82) is 0 Å². The molecule has 0 radical (unpaired) electrons. The van der Waals surface area contributed by atoms with Gasteiger partial charge in [0, 0.05) is 38.6 Å². The SMILES string of the molecule is CC1(C)c2ccccc2-c2cc3c(cc21)c1c2ccccc2c(N(c2ccc(-c4ccccc4)cc2)c2ccc(-c4ccccc4)cc2)cc1n3-c1ccc2ccccc2c1. The van der Waals surface area contributed by atoms with Gasteiger partial charge in [-0.05, 0) is 115 Å². The van der Waals surface area contributed by atoms with Crippen molar-refractivity contribution < 1.29 is 0 Å². The standard InChI is InChI=1S/C59H42N2/c1-59(2)53-24-14-13-21-48(53)51-37-55-52(36-54(51)59)58-50-23-12-11-22-49(50)56(38-57(58)61(55)47-34-29-41-19-9-10-20-44(41)35-47)60(45-30-25-42(26-31-45)39-15-5-3-6-16-39)46-32-27-43(28-33-46)40-17-7-4-8-18-40/h3-38H,1-2H3. The van der Waals surface area contributed by atoms with Crippen LogP contribution in [0.4, 0.5) is 17.1 Å². The molecule has 288 valence electrons. The molecule has 12 rings (SSSR count). The van der Waals surface area contributed by atoms with Crippen LogP contribution in [0.15, 0.2) is 218 Å². The molecule has 11 aromatic rings. The van der Waals surface area contributed by atoms with E-state index in [0.29, 0.717) is 0 Å². The van der Waals surface area contributed by atoms with Gasteiger partial charge in [-0.1, -0.05) is 178 Å². The first-order valence-corrected chi connectivity index (χ1v) is 21.3. The first kappa shape index (κ1) is 35.3. The number of aromatic nitrogens is 1. The highest BCUT2D eigenvalue weighted by atomic mass is 15.1. The Hall–Kier alpha value is -7.68. The summed E-state index contributed by atoms with van der Waals surface area (Å²) in [6, 6.07) is 80.4. The Morgan fingerprint density at radius 1 is 0.377 bits per heavy atom. The molecule has 0 saturated carbocycles. The molecule has 0 fully saturated rings. The fourth-order valence-electron chi connectivity index (χ4n) is 10.1. The van der Waals surface area contributed by atoms with Gasteiger partial charge in [0.25, 0.3) is 0 Å². The summed E-state index contributed by atoms with van der Waals surface area (Å²) in [7, 11) is 0. The van der Waals surface area contributed by atoms with Crippen molar-refractivity contribution >= 4 is 60.4 Å². The van der Waals surface area contributed by atoms with Crippen molar-refractivity contribution in [3.63, 3.8) is 0 Å².